The molecule has 23 heavy (non-hydrogen) atoms. The summed E-state index contributed by atoms with van der Waals surface area (Å²) in [6.45, 7) is 0. The Bertz CT molecular complexity index is 528. The molecule has 1 aliphatic carbocycles. The number of benzene rings is 1. The van der Waals surface area contributed by atoms with Crippen molar-refractivity contribution in [1.82, 2.24) is 4.90 Å². The number of carbonyl (C=O) groups is 2. The third-order valence-electron chi connectivity index (χ3n) is 4.73. The zero-order valence-corrected chi connectivity index (χ0v) is 13.6. The Morgan fingerprint density at radius 1 is 1.30 bits per heavy atom. The van der Waals surface area contributed by atoms with Gasteiger partial charge in [-0.3, -0.25) is 9.59 Å². The Morgan fingerprint density at radius 2 is 1.96 bits per heavy atom. The van der Waals surface area contributed by atoms with Crippen molar-refractivity contribution >= 4 is 11.8 Å². The van der Waals surface area contributed by atoms with Crippen molar-refractivity contribution in [1.29, 1.82) is 0 Å². The highest BCUT2D eigenvalue weighted by molar-refractivity contribution is 5.99. The predicted octanol–water partition coefficient (Wildman–Crippen LogP) is 1.48. The average molecular weight is 318 g/mol. The van der Waals surface area contributed by atoms with Crippen LogP contribution in [0.3, 0.4) is 0 Å². The number of primary amides is 1. The fraction of sp³-hybridized carbons (Fsp3) is 0.556. The fourth-order valence-electron chi connectivity index (χ4n) is 2.91. The molecule has 0 spiro atoms. The molecule has 1 aliphatic rings. The molecular formula is C18H26N2O3. The van der Waals surface area contributed by atoms with Gasteiger partial charge in [0.15, 0.2) is 0 Å². The number of hydrogen-bond donors (Lipinski definition) is 2. The Hall–Kier alpha value is -1.88. The van der Waals surface area contributed by atoms with Gasteiger partial charge in [0.2, 0.25) is 11.8 Å². The smallest absolute Gasteiger partial charge is 0.235 e. The number of hydrogen-bond acceptors (Lipinski definition) is 3. The molecule has 0 bridgehead atoms. The SMILES string of the molecule is CN(C(=O)[C@H](C[C@@H](O)CCc1ccccc1)C(N)=O)C1CCC1. The molecule has 3 N–H and O–H groups in total. The quantitative estimate of drug-likeness (QED) is 0.712. The van der Waals surface area contributed by atoms with Gasteiger partial charge in [-0.15, -0.1) is 0 Å². The van der Waals surface area contributed by atoms with Crippen LogP contribution >= 0.6 is 0 Å². The van der Waals surface area contributed by atoms with Gasteiger partial charge in [-0.1, -0.05) is 30.3 Å². The van der Waals surface area contributed by atoms with E-state index in [9.17, 15) is 14.7 Å². The van der Waals surface area contributed by atoms with E-state index in [1.165, 1.54) is 0 Å². The Morgan fingerprint density at radius 3 is 2.48 bits per heavy atom. The molecular weight excluding hydrogens is 292 g/mol. The van der Waals surface area contributed by atoms with Crippen LogP contribution < -0.4 is 5.73 Å². The molecule has 126 valence electrons. The first-order valence-corrected chi connectivity index (χ1v) is 8.27. The molecule has 1 aromatic rings. The molecule has 5 nitrogen and oxygen atoms in total. The van der Waals surface area contributed by atoms with Crippen LogP contribution in [0, 0.1) is 5.92 Å². The molecule has 1 saturated carbocycles. The molecule has 0 heterocycles. The van der Waals surface area contributed by atoms with Gasteiger partial charge in [0.05, 0.1) is 6.10 Å². The van der Waals surface area contributed by atoms with E-state index in [-0.39, 0.29) is 18.4 Å². The molecule has 1 fully saturated rings. The van der Waals surface area contributed by atoms with Crippen molar-refractivity contribution in [3.05, 3.63) is 35.9 Å². The van der Waals surface area contributed by atoms with Crippen LogP contribution in [0.5, 0.6) is 0 Å². The lowest BCUT2D eigenvalue weighted by atomic mass is 9.89. The summed E-state index contributed by atoms with van der Waals surface area (Å²) in [5.41, 5.74) is 6.52. The summed E-state index contributed by atoms with van der Waals surface area (Å²) in [5, 5.41) is 10.2. The summed E-state index contributed by atoms with van der Waals surface area (Å²) in [7, 11) is 1.72. The highest BCUT2D eigenvalue weighted by Gasteiger charge is 2.34. The van der Waals surface area contributed by atoms with Crippen LogP contribution in [0.4, 0.5) is 0 Å². The van der Waals surface area contributed by atoms with E-state index >= 15 is 0 Å². The lowest BCUT2D eigenvalue weighted by Gasteiger charge is -2.36. The van der Waals surface area contributed by atoms with E-state index in [1.807, 2.05) is 30.3 Å². The van der Waals surface area contributed by atoms with Crippen LogP contribution in [-0.2, 0) is 16.0 Å². The van der Waals surface area contributed by atoms with Gasteiger partial charge in [-0.25, -0.2) is 0 Å². The molecule has 0 radical (unpaired) electrons. The van der Waals surface area contributed by atoms with Gasteiger partial charge in [0.25, 0.3) is 0 Å². The summed E-state index contributed by atoms with van der Waals surface area (Å²) in [6.07, 6.45) is 3.66. The van der Waals surface area contributed by atoms with Crippen molar-refractivity contribution in [2.45, 2.75) is 50.7 Å². The molecule has 2 atom stereocenters. The zero-order chi connectivity index (χ0) is 16.8. The topological polar surface area (TPSA) is 83.6 Å². The molecule has 2 amide bonds. The first-order chi connectivity index (χ1) is 11.0. The van der Waals surface area contributed by atoms with Crippen LogP contribution in [0.1, 0.15) is 37.7 Å². The van der Waals surface area contributed by atoms with Gasteiger partial charge in [0.1, 0.15) is 5.92 Å². The Labute approximate surface area is 137 Å². The van der Waals surface area contributed by atoms with Crippen molar-refractivity contribution in [2.75, 3.05) is 7.05 Å². The molecule has 2 rings (SSSR count). The van der Waals surface area contributed by atoms with Crippen LogP contribution in [0.15, 0.2) is 30.3 Å². The highest BCUT2D eigenvalue weighted by atomic mass is 16.3. The Balaban J connectivity index is 1.87. The summed E-state index contributed by atoms with van der Waals surface area (Å²) < 4.78 is 0. The van der Waals surface area contributed by atoms with Crippen molar-refractivity contribution in [3.63, 3.8) is 0 Å². The van der Waals surface area contributed by atoms with Gasteiger partial charge in [-0.05, 0) is 44.1 Å². The van der Waals surface area contributed by atoms with Crippen molar-refractivity contribution in [3.8, 4) is 0 Å². The number of nitrogens with zero attached hydrogens (tertiary/aromatic N) is 1. The molecule has 0 aliphatic heterocycles. The standard InChI is InChI=1S/C18H26N2O3/c1-20(14-8-5-9-14)18(23)16(17(19)22)12-15(21)11-10-13-6-3-2-4-7-13/h2-4,6-7,14-16,21H,5,8-12H2,1H3,(H2,19,22)/t15-,16+/m0/s1. The maximum Gasteiger partial charge on any atom is 0.235 e. The largest absolute Gasteiger partial charge is 0.393 e. The number of amides is 2. The first kappa shape index (κ1) is 17.5. The highest BCUT2D eigenvalue weighted by Crippen LogP contribution is 2.25. The minimum Gasteiger partial charge on any atom is -0.393 e. The van der Waals surface area contributed by atoms with Gasteiger partial charge < -0.3 is 15.7 Å². The van der Waals surface area contributed by atoms with E-state index in [1.54, 1.807) is 11.9 Å². The monoisotopic (exact) mass is 318 g/mol. The number of nitrogens with two attached hydrogens (primary N) is 1. The predicted molar refractivity (Wildman–Crippen MR) is 88.5 cm³/mol. The maximum atomic E-state index is 12.4. The second-order valence-corrected chi connectivity index (χ2v) is 6.40. The fourth-order valence-corrected chi connectivity index (χ4v) is 2.91. The number of aryl methyl sites for hydroxylation is 1. The molecule has 5 heteroatoms. The molecule has 0 unspecified atom stereocenters. The molecule has 0 saturated heterocycles. The summed E-state index contributed by atoms with van der Waals surface area (Å²) >= 11 is 0. The average Bonchev–Trinajstić information content (AvgIpc) is 2.49. The number of aliphatic hydroxyl groups is 1. The number of carbonyl (C=O) groups excluding carboxylic acids is 2. The van der Waals surface area contributed by atoms with Crippen LogP contribution in [0.2, 0.25) is 0 Å². The van der Waals surface area contributed by atoms with Crippen LogP contribution in [0.25, 0.3) is 0 Å². The summed E-state index contributed by atoms with van der Waals surface area (Å²) in [4.78, 5) is 25.7. The minimum absolute atomic E-state index is 0.0953. The van der Waals surface area contributed by atoms with E-state index < -0.39 is 17.9 Å². The van der Waals surface area contributed by atoms with E-state index in [0.29, 0.717) is 12.8 Å². The summed E-state index contributed by atoms with van der Waals surface area (Å²) in [6, 6.07) is 10.0. The normalized spacial score (nSPS) is 17.1. The second-order valence-electron chi connectivity index (χ2n) is 6.40. The third kappa shape index (κ3) is 4.79. The molecule has 0 aromatic heterocycles. The number of aliphatic hydroxyl groups excluding tert-OH is 1. The second kappa shape index (κ2) is 8.11. The van der Waals surface area contributed by atoms with E-state index in [2.05, 4.69) is 0 Å². The van der Waals surface area contributed by atoms with Gasteiger partial charge >= 0.3 is 0 Å². The van der Waals surface area contributed by atoms with E-state index in [0.717, 1.165) is 24.8 Å². The lowest BCUT2D eigenvalue weighted by molar-refractivity contribution is -0.144. The Kier molecular flexibility index (Phi) is 6.16. The number of rotatable bonds is 8. The van der Waals surface area contributed by atoms with Gasteiger partial charge in [-0.2, -0.15) is 0 Å². The first-order valence-electron chi connectivity index (χ1n) is 8.27. The molecule has 1 aromatic carbocycles. The third-order valence-corrected chi connectivity index (χ3v) is 4.73. The van der Waals surface area contributed by atoms with E-state index in [4.69, 9.17) is 5.73 Å². The lowest BCUT2D eigenvalue weighted by Crippen LogP contribution is -2.48. The summed E-state index contributed by atoms with van der Waals surface area (Å²) in [5.74, 6) is -1.85. The maximum absolute atomic E-state index is 12.4. The van der Waals surface area contributed by atoms with Crippen molar-refractivity contribution in [2.24, 2.45) is 11.7 Å². The van der Waals surface area contributed by atoms with Crippen molar-refractivity contribution < 1.29 is 14.7 Å². The minimum atomic E-state index is -0.939. The van der Waals surface area contributed by atoms with Gasteiger partial charge in [0, 0.05) is 13.1 Å². The zero-order valence-electron chi connectivity index (χ0n) is 13.6. The van der Waals surface area contributed by atoms with Crippen LogP contribution in [-0.4, -0.2) is 41.0 Å².